The quantitative estimate of drug-likeness (QED) is 0.616. The molecule has 1 aromatic heterocycles. The van der Waals surface area contributed by atoms with Crippen LogP contribution in [0.15, 0.2) is 64.1 Å². The predicted octanol–water partition coefficient (Wildman–Crippen LogP) is 3.91. The lowest BCUT2D eigenvalue weighted by molar-refractivity contribution is -0.116. The highest BCUT2D eigenvalue weighted by Gasteiger charge is 2.23. The Morgan fingerprint density at radius 1 is 1.19 bits per heavy atom. The van der Waals surface area contributed by atoms with Gasteiger partial charge in [0, 0.05) is 23.1 Å². The van der Waals surface area contributed by atoms with Crippen LogP contribution >= 0.6 is 27.5 Å². The van der Waals surface area contributed by atoms with Crippen molar-refractivity contribution in [2.45, 2.75) is 4.90 Å². The van der Waals surface area contributed by atoms with Gasteiger partial charge >= 0.3 is 0 Å². The molecule has 0 fully saturated rings. The number of likely N-dealkylation sites (N-methyl/N-ethyl adjacent to an activating group) is 1. The maximum Gasteiger partial charge on any atom is 0.243 e. The number of amides is 1. The van der Waals surface area contributed by atoms with E-state index in [2.05, 4.69) is 26.2 Å². The van der Waals surface area contributed by atoms with Crippen LogP contribution in [0.5, 0.6) is 0 Å². The summed E-state index contributed by atoms with van der Waals surface area (Å²) in [5.74, 6) is -0.467. The third-order valence-corrected chi connectivity index (χ3v) is 6.53. The molecule has 0 saturated carbocycles. The van der Waals surface area contributed by atoms with Crippen molar-refractivity contribution in [1.82, 2.24) is 9.29 Å². The molecule has 1 heterocycles. The lowest BCUT2D eigenvalue weighted by Crippen LogP contribution is -2.35. The number of nitrogens with zero attached hydrogens (tertiary/aromatic N) is 2. The van der Waals surface area contributed by atoms with E-state index in [1.54, 1.807) is 42.6 Å². The third kappa shape index (κ3) is 4.30. The van der Waals surface area contributed by atoms with Crippen molar-refractivity contribution in [3.63, 3.8) is 0 Å². The second-order valence-corrected chi connectivity index (χ2v) is 9.13. The van der Waals surface area contributed by atoms with Crippen LogP contribution < -0.4 is 5.32 Å². The molecule has 0 aliphatic heterocycles. The van der Waals surface area contributed by atoms with Gasteiger partial charge in [-0.05, 0) is 48.5 Å². The molecule has 140 valence electrons. The van der Waals surface area contributed by atoms with Crippen molar-refractivity contribution in [3.8, 4) is 0 Å². The Kier molecular flexibility index (Phi) is 5.81. The average molecular weight is 469 g/mol. The summed E-state index contributed by atoms with van der Waals surface area (Å²) < 4.78 is 27.0. The van der Waals surface area contributed by atoms with Crippen LogP contribution in [0.4, 0.5) is 5.69 Å². The SMILES string of the molecule is CN(CC(=O)Nc1ccc(Cl)c2ncccc12)S(=O)(=O)c1ccc(Br)cc1. The van der Waals surface area contributed by atoms with Gasteiger partial charge in [0.15, 0.2) is 0 Å². The normalized spacial score (nSPS) is 11.7. The van der Waals surface area contributed by atoms with Crippen molar-refractivity contribution in [3.05, 3.63) is 64.2 Å². The van der Waals surface area contributed by atoms with E-state index in [0.29, 0.717) is 21.6 Å². The second-order valence-electron chi connectivity index (χ2n) is 5.76. The van der Waals surface area contributed by atoms with Crippen molar-refractivity contribution in [2.24, 2.45) is 0 Å². The van der Waals surface area contributed by atoms with Crippen LogP contribution in [-0.4, -0.2) is 37.2 Å². The Labute approximate surface area is 170 Å². The maximum atomic E-state index is 12.6. The number of sulfonamides is 1. The molecule has 0 bridgehead atoms. The molecule has 6 nitrogen and oxygen atoms in total. The monoisotopic (exact) mass is 467 g/mol. The molecule has 1 amide bonds. The van der Waals surface area contributed by atoms with Gasteiger partial charge in [-0.15, -0.1) is 0 Å². The van der Waals surface area contributed by atoms with Crippen LogP contribution in [0.2, 0.25) is 5.02 Å². The molecule has 1 N–H and O–H groups in total. The lowest BCUT2D eigenvalue weighted by Gasteiger charge is -2.17. The van der Waals surface area contributed by atoms with E-state index >= 15 is 0 Å². The standard InChI is InChI=1S/C18H15BrClN3O3S/c1-23(27(25,26)13-6-4-12(19)5-7-13)11-17(24)22-16-9-8-15(20)18-14(16)3-2-10-21-18/h2-10H,11H2,1H3,(H,22,24). The molecule has 2 aromatic carbocycles. The van der Waals surface area contributed by atoms with Gasteiger partial charge in [-0.25, -0.2) is 8.42 Å². The van der Waals surface area contributed by atoms with Crippen LogP contribution in [0.3, 0.4) is 0 Å². The number of aromatic nitrogens is 1. The Bertz CT molecular complexity index is 1100. The fourth-order valence-corrected chi connectivity index (χ4v) is 4.12. The largest absolute Gasteiger partial charge is 0.324 e. The summed E-state index contributed by atoms with van der Waals surface area (Å²) in [5, 5.41) is 3.87. The van der Waals surface area contributed by atoms with Gasteiger partial charge in [0.05, 0.1) is 27.7 Å². The summed E-state index contributed by atoms with van der Waals surface area (Å²) in [6.07, 6.45) is 1.61. The molecule has 27 heavy (non-hydrogen) atoms. The van der Waals surface area contributed by atoms with Gasteiger partial charge in [0.1, 0.15) is 0 Å². The molecular weight excluding hydrogens is 454 g/mol. The summed E-state index contributed by atoms with van der Waals surface area (Å²) in [6, 6.07) is 13.0. The Hall–Kier alpha value is -2.00. The number of halogens is 2. The highest BCUT2D eigenvalue weighted by atomic mass is 79.9. The van der Waals surface area contributed by atoms with Gasteiger partial charge in [-0.1, -0.05) is 27.5 Å². The number of nitrogens with one attached hydrogen (secondary N) is 1. The van der Waals surface area contributed by atoms with Crippen molar-refractivity contribution in [1.29, 1.82) is 0 Å². The summed E-state index contributed by atoms with van der Waals surface area (Å²) >= 11 is 9.39. The minimum Gasteiger partial charge on any atom is -0.324 e. The summed E-state index contributed by atoms with van der Waals surface area (Å²) in [5.41, 5.74) is 1.08. The lowest BCUT2D eigenvalue weighted by atomic mass is 10.2. The predicted molar refractivity (Wildman–Crippen MR) is 109 cm³/mol. The number of fused-ring (bicyclic) bond motifs is 1. The fourth-order valence-electron chi connectivity index (χ4n) is 2.51. The third-order valence-electron chi connectivity index (χ3n) is 3.88. The molecule has 0 radical (unpaired) electrons. The minimum atomic E-state index is -3.77. The van der Waals surface area contributed by atoms with E-state index in [-0.39, 0.29) is 11.4 Å². The molecule has 0 unspecified atom stereocenters. The van der Waals surface area contributed by atoms with Crippen LogP contribution in [0.25, 0.3) is 10.9 Å². The number of pyridine rings is 1. The van der Waals surface area contributed by atoms with Gasteiger partial charge in [-0.2, -0.15) is 4.31 Å². The number of anilines is 1. The minimum absolute atomic E-state index is 0.113. The van der Waals surface area contributed by atoms with Crippen LogP contribution in [0, 0.1) is 0 Å². The number of carbonyl (C=O) groups excluding carboxylic acids is 1. The topological polar surface area (TPSA) is 79.4 Å². The molecule has 9 heteroatoms. The maximum absolute atomic E-state index is 12.6. The van der Waals surface area contributed by atoms with Crippen molar-refractivity contribution in [2.75, 3.05) is 18.9 Å². The van der Waals surface area contributed by atoms with Crippen LogP contribution in [-0.2, 0) is 14.8 Å². The number of hydrogen-bond donors (Lipinski definition) is 1. The number of rotatable bonds is 5. The zero-order valence-corrected chi connectivity index (χ0v) is 17.3. The number of carbonyl (C=O) groups is 1. The average Bonchev–Trinajstić information content (AvgIpc) is 2.64. The Morgan fingerprint density at radius 3 is 2.59 bits per heavy atom. The van der Waals surface area contributed by atoms with E-state index in [9.17, 15) is 13.2 Å². The Morgan fingerprint density at radius 2 is 1.89 bits per heavy atom. The zero-order valence-electron chi connectivity index (χ0n) is 14.2. The molecule has 3 rings (SSSR count). The van der Waals surface area contributed by atoms with Gasteiger partial charge in [-0.3, -0.25) is 9.78 Å². The number of benzene rings is 2. The van der Waals surface area contributed by atoms with Gasteiger partial charge < -0.3 is 5.32 Å². The number of hydrogen-bond acceptors (Lipinski definition) is 4. The first kappa shape index (κ1) is 19.8. The highest BCUT2D eigenvalue weighted by Crippen LogP contribution is 2.28. The summed E-state index contributed by atoms with van der Waals surface area (Å²) in [6.45, 7) is -0.331. The molecule has 3 aromatic rings. The fraction of sp³-hybridized carbons (Fsp3) is 0.111. The van der Waals surface area contributed by atoms with Crippen LogP contribution in [0.1, 0.15) is 0 Å². The highest BCUT2D eigenvalue weighted by molar-refractivity contribution is 9.10. The van der Waals surface area contributed by atoms with E-state index in [4.69, 9.17) is 11.6 Å². The zero-order chi connectivity index (χ0) is 19.6. The molecule has 0 atom stereocenters. The van der Waals surface area contributed by atoms with E-state index in [1.165, 1.54) is 19.2 Å². The summed E-state index contributed by atoms with van der Waals surface area (Å²) in [7, 11) is -2.41. The smallest absolute Gasteiger partial charge is 0.243 e. The van der Waals surface area contributed by atoms with Gasteiger partial charge in [0.25, 0.3) is 0 Å². The van der Waals surface area contributed by atoms with Crippen molar-refractivity contribution >= 4 is 60.1 Å². The molecule has 0 saturated heterocycles. The summed E-state index contributed by atoms with van der Waals surface area (Å²) in [4.78, 5) is 16.7. The molecule has 0 spiro atoms. The van der Waals surface area contributed by atoms with E-state index in [1.807, 2.05) is 0 Å². The van der Waals surface area contributed by atoms with Crippen molar-refractivity contribution < 1.29 is 13.2 Å². The molecule has 0 aliphatic carbocycles. The molecular formula is C18H15BrClN3O3S. The first-order valence-electron chi connectivity index (χ1n) is 7.84. The first-order chi connectivity index (χ1) is 12.8. The Balaban J connectivity index is 1.78. The second kappa shape index (κ2) is 7.93. The van der Waals surface area contributed by atoms with E-state index in [0.717, 1.165) is 8.78 Å². The van der Waals surface area contributed by atoms with E-state index < -0.39 is 15.9 Å². The molecule has 0 aliphatic rings. The first-order valence-corrected chi connectivity index (χ1v) is 10.4. The van der Waals surface area contributed by atoms with Gasteiger partial charge in [0.2, 0.25) is 15.9 Å².